The zero-order valence-corrected chi connectivity index (χ0v) is 19.3. The van der Waals surface area contributed by atoms with Gasteiger partial charge in [-0.1, -0.05) is 55.3 Å². The van der Waals surface area contributed by atoms with Gasteiger partial charge in [0, 0.05) is 38.2 Å². The Balaban J connectivity index is 1.42. The van der Waals surface area contributed by atoms with Crippen LogP contribution in [0.3, 0.4) is 0 Å². The fraction of sp³-hybridized carbons (Fsp3) is 0.444. The molecule has 0 bridgehead atoms. The fourth-order valence-electron chi connectivity index (χ4n) is 4.13. The van der Waals surface area contributed by atoms with Gasteiger partial charge in [-0.05, 0) is 49.2 Å². The van der Waals surface area contributed by atoms with Gasteiger partial charge in [0.15, 0.2) is 0 Å². The molecule has 0 saturated carbocycles. The third-order valence-electron chi connectivity index (χ3n) is 6.00. The number of amides is 2. The van der Waals surface area contributed by atoms with Gasteiger partial charge in [0.2, 0.25) is 11.8 Å². The van der Waals surface area contributed by atoms with Crippen molar-refractivity contribution in [2.45, 2.75) is 58.0 Å². The fourth-order valence-corrected chi connectivity index (χ4v) is 4.13. The third kappa shape index (κ3) is 8.36. The molecule has 2 aromatic rings. The number of hydrogen-bond donors (Lipinski definition) is 1. The molecule has 0 atom stereocenters. The van der Waals surface area contributed by atoms with Crippen LogP contribution >= 0.6 is 0 Å². The van der Waals surface area contributed by atoms with E-state index in [9.17, 15) is 9.59 Å². The van der Waals surface area contributed by atoms with E-state index in [1.807, 2.05) is 30.3 Å². The average molecular weight is 447 g/mol. The topological polar surface area (TPSA) is 76.4 Å². The average Bonchev–Trinajstić information content (AvgIpc) is 3.12. The summed E-state index contributed by atoms with van der Waals surface area (Å²) in [6.45, 7) is 4.11. The summed E-state index contributed by atoms with van der Waals surface area (Å²) in [7, 11) is 0. The number of hydrogen-bond acceptors (Lipinski definition) is 4. The largest absolute Gasteiger partial charge is 0.352 e. The van der Waals surface area contributed by atoms with Crippen molar-refractivity contribution in [3.63, 3.8) is 0 Å². The molecular formula is C27H34N4O2. The van der Waals surface area contributed by atoms with E-state index in [0.29, 0.717) is 13.1 Å². The lowest BCUT2D eigenvalue weighted by atomic mass is 10.1. The third-order valence-corrected chi connectivity index (χ3v) is 6.00. The van der Waals surface area contributed by atoms with E-state index >= 15 is 0 Å². The second-order valence-corrected chi connectivity index (χ2v) is 8.57. The van der Waals surface area contributed by atoms with Crippen LogP contribution in [0.5, 0.6) is 0 Å². The zero-order chi connectivity index (χ0) is 23.3. The van der Waals surface area contributed by atoms with Crippen LogP contribution in [0, 0.1) is 11.3 Å². The van der Waals surface area contributed by atoms with Crippen molar-refractivity contribution in [3.8, 4) is 6.07 Å². The number of para-hydroxylation sites is 1. The zero-order valence-electron chi connectivity index (χ0n) is 19.3. The SMILES string of the molecule is N#CCCN(C(=O)CCC(=O)NCc1ccc(CN2CCCCCC2)cc1)c1ccccc1. The van der Waals surface area contributed by atoms with Crippen LogP contribution < -0.4 is 10.2 Å². The van der Waals surface area contributed by atoms with Crippen LogP contribution in [-0.4, -0.2) is 36.3 Å². The maximum absolute atomic E-state index is 12.7. The monoisotopic (exact) mass is 446 g/mol. The van der Waals surface area contributed by atoms with E-state index in [0.717, 1.165) is 17.8 Å². The number of rotatable bonds is 10. The van der Waals surface area contributed by atoms with Crippen molar-refractivity contribution in [1.82, 2.24) is 10.2 Å². The summed E-state index contributed by atoms with van der Waals surface area (Å²) >= 11 is 0. The first kappa shape index (κ1) is 24.5. The first-order chi connectivity index (χ1) is 16.2. The van der Waals surface area contributed by atoms with Gasteiger partial charge >= 0.3 is 0 Å². The van der Waals surface area contributed by atoms with E-state index in [2.05, 4.69) is 40.6 Å². The Morgan fingerprint density at radius 1 is 0.909 bits per heavy atom. The van der Waals surface area contributed by atoms with E-state index in [1.165, 1.54) is 44.3 Å². The summed E-state index contributed by atoms with van der Waals surface area (Å²) in [5, 5.41) is 11.8. The van der Waals surface area contributed by atoms with Gasteiger partial charge in [0.25, 0.3) is 0 Å². The van der Waals surface area contributed by atoms with Crippen molar-refractivity contribution >= 4 is 17.5 Å². The molecule has 33 heavy (non-hydrogen) atoms. The molecule has 6 nitrogen and oxygen atoms in total. The van der Waals surface area contributed by atoms with Gasteiger partial charge in [0.05, 0.1) is 12.5 Å². The van der Waals surface area contributed by atoms with E-state index < -0.39 is 0 Å². The second-order valence-electron chi connectivity index (χ2n) is 8.57. The number of carbonyl (C=O) groups is 2. The number of nitrogens with one attached hydrogen (secondary N) is 1. The lowest BCUT2D eigenvalue weighted by molar-refractivity contribution is -0.125. The Labute approximate surface area is 197 Å². The Morgan fingerprint density at radius 2 is 1.58 bits per heavy atom. The van der Waals surface area contributed by atoms with Crippen molar-refractivity contribution in [1.29, 1.82) is 5.26 Å². The minimum Gasteiger partial charge on any atom is -0.352 e. The smallest absolute Gasteiger partial charge is 0.227 e. The molecule has 174 valence electrons. The van der Waals surface area contributed by atoms with Crippen LogP contribution in [-0.2, 0) is 22.7 Å². The number of nitriles is 1. The maximum Gasteiger partial charge on any atom is 0.227 e. The van der Waals surface area contributed by atoms with Gasteiger partial charge in [-0.2, -0.15) is 5.26 Å². The molecule has 0 unspecified atom stereocenters. The van der Waals surface area contributed by atoms with Crippen LogP contribution in [0.25, 0.3) is 0 Å². The predicted molar refractivity (Wildman–Crippen MR) is 130 cm³/mol. The highest BCUT2D eigenvalue weighted by atomic mass is 16.2. The van der Waals surface area contributed by atoms with Crippen LogP contribution in [0.4, 0.5) is 5.69 Å². The first-order valence-electron chi connectivity index (χ1n) is 11.9. The van der Waals surface area contributed by atoms with E-state index in [-0.39, 0.29) is 31.1 Å². The van der Waals surface area contributed by atoms with Crippen molar-refractivity contribution in [3.05, 3.63) is 65.7 Å². The normalized spacial score (nSPS) is 14.2. The number of carbonyl (C=O) groups excluding carboxylic acids is 2. The standard InChI is InChI=1S/C27H34N4O2/c28-17-8-20-31(25-9-4-3-5-10-25)27(33)16-15-26(32)29-21-23-11-13-24(14-12-23)22-30-18-6-1-2-7-19-30/h3-5,9-14H,1-2,6-8,15-16,18-22H2,(H,29,32). The summed E-state index contributed by atoms with van der Waals surface area (Å²) in [6, 6.07) is 19.8. The Bertz CT molecular complexity index is 913. The molecule has 1 N–H and O–H groups in total. The summed E-state index contributed by atoms with van der Waals surface area (Å²) in [5.74, 6) is -0.297. The predicted octanol–water partition coefficient (Wildman–Crippen LogP) is 4.41. The first-order valence-corrected chi connectivity index (χ1v) is 11.9. The highest BCUT2D eigenvalue weighted by molar-refractivity contribution is 5.95. The number of anilines is 1. The van der Waals surface area contributed by atoms with Crippen LogP contribution in [0.2, 0.25) is 0 Å². The van der Waals surface area contributed by atoms with Gasteiger partial charge in [-0.3, -0.25) is 14.5 Å². The van der Waals surface area contributed by atoms with Crippen molar-refractivity contribution in [2.75, 3.05) is 24.5 Å². The van der Waals surface area contributed by atoms with Crippen molar-refractivity contribution < 1.29 is 9.59 Å². The summed E-state index contributed by atoms with van der Waals surface area (Å²) in [4.78, 5) is 29.1. The lowest BCUT2D eigenvalue weighted by Crippen LogP contribution is -2.33. The minimum absolute atomic E-state index is 0.112. The molecule has 3 rings (SSSR count). The van der Waals surface area contributed by atoms with Gasteiger partial charge in [0.1, 0.15) is 0 Å². The molecule has 1 fully saturated rings. The Kier molecular flexibility index (Phi) is 9.93. The van der Waals surface area contributed by atoms with Crippen LogP contribution in [0.1, 0.15) is 56.1 Å². The molecule has 1 aliphatic heterocycles. The summed E-state index contributed by atoms with van der Waals surface area (Å²) < 4.78 is 0. The summed E-state index contributed by atoms with van der Waals surface area (Å²) in [5.41, 5.74) is 3.10. The molecule has 0 radical (unpaired) electrons. The quantitative estimate of drug-likeness (QED) is 0.587. The molecule has 0 aliphatic carbocycles. The van der Waals surface area contributed by atoms with Crippen LogP contribution in [0.15, 0.2) is 54.6 Å². The van der Waals surface area contributed by atoms with E-state index in [1.54, 1.807) is 4.90 Å². The van der Waals surface area contributed by atoms with Gasteiger partial charge < -0.3 is 10.2 Å². The molecular weight excluding hydrogens is 412 g/mol. The molecule has 1 heterocycles. The molecule has 6 heteroatoms. The Morgan fingerprint density at radius 3 is 2.24 bits per heavy atom. The highest BCUT2D eigenvalue weighted by Crippen LogP contribution is 2.16. The lowest BCUT2D eigenvalue weighted by Gasteiger charge is -2.21. The number of likely N-dealkylation sites (tertiary alicyclic amines) is 1. The number of benzene rings is 2. The number of nitrogens with zero attached hydrogens (tertiary/aromatic N) is 3. The molecule has 1 saturated heterocycles. The van der Waals surface area contributed by atoms with Gasteiger partial charge in [-0.25, -0.2) is 0 Å². The van der Waals surface area contributed by atoms with E-state index in [4.69, 9.17) is 5.26 Å². The summed E-state index contributed by atoms with van der Waals surface area (Å²) in [6.07, 6.45) is 5.74. The molecule has 0 aromatic heterocycles. The molecule has 2 amide bonds. The Hall–Kier alpha value is -3.17. The maximum atomic E-state index is 12.7. The molecule has 0 spiro atoms. The molecule has 2 aromatic carbocycles. The minimum atomic E-state index is -0.149. The van der Waals surface area contributed by atoms with Crippen molar-refractivity contribution in [2.24, 2.45) is 0 Å². The highest BCUT2D eigenvalue weighted by Gasteiger charge is 2.16. The molecule has 1 aliphatic rings. The van der Waals surface area contributed by atoms with Gasteiger partial charge in [-0.15, -0.1) is 0 Å². The second kappa shape index (κ2) is 13.4.